The van der Waals surface area contributed by atoms with Gasteiger partial charge in [-0.05, 0) is 25.7 Å². The smallest absolute Gasteiger partial charge is 0.309 e. The Labute approximate surface area is 272 Å². The summed E-state index contributed by atoms with van der Waals surface area (Å²) in [4.78, 5) is 0.966. The zero-order chi connectivity index (χ0) is 30.1. The highest BCUT2D eigenvalue weighted by molar-refractivity contribution is 4.52. The number of nitrogens with one attached hydrogen (secondary N) is 1. The molecule has 256 valence electrons. The molecule has 0 radical (unpaired) electrons. The minimum absolute atomic E-state index is 0. The Morgan fingerprint density at radius 2 is 0.500 bits per heavy atom. The molecule has 3 N–H and O–H groups in total. The lowest BCUT2D eigenvalue weighted by atomic mass is 10.0. The van der Waals surface area contributed by atoms with Crippen LogP contribution in [0.15, 0.2) is 0 Å². The minimum atomic E-state index is -1.59. The van der Waals surface area contributed by atoms with E-state index in [1.807, 2.05) is 0 Å². The summed E-state index contributed by atoms with van der Waals surface area (Å²) >= 11 is 0. The third-order valence-electron chi connectivity index (χ3n) is 9.33. The Hall–Kier alpha value is 0.170. The van der Waals surface area contributed by atoms with Crippen molar-refractivity contribution in [2.24, 2.45) is 0 Å². The summed E-state index contributed by atoms with van der Waals surface area (Å²) in [6, 6.07) is 0. The molecule has 0 saturated heterocycles. The molecule has 0 aliphatic rings. The van der Waals surface area contributed by atoms with Crippen molar-refractivity contribution in [3.05, 3.63) is 0 Å². The van der Waals surface area contributed by atoms with Crippen LogP contribution in [0.5, 0.6) is 0 Å². The second-order valence-electron chi connectivity index (χ2n) is 13.7. The van der Waals surface area contributed by atoms with Gasteiger partial charge in [-0.1, -0.05) is 194 Å². The molecular formula is C38H80ClNO2. The molecule has 0 rings (SSSR count). The summed E-state index contributed by atoms with van der Waals surface area (Å²) in [5, 5.41) is 20.5. The maximum atomic E-state index is 10.2. The maximum absolute atomic E-state index is 10.2. The van der Waals surface area contributed by atoms with Gasteiger partial charge < -0.3 is 22.6 Å². The molecule has 0 saturated carbocycles. The quantitative estimate of drug-likeness (QED) is 0.0497. The lowest BCUT2D eigenvalue weighted by Crippen LogP contribution is -3.20. The van der Waals surface area contributed by atoms with E-state index in [1.165, 1.54) is 193 Å². The average Bonchev–Trinajstić information content (AvgIpc) is 2.95. The molecule has 3 nitrogen and oxygen atoms in total. The number of hydrogen-bond acceptors (Lipinski definition) is 2. The molecule has 0 aliphatic heterocycles. The molecule has 0 heterocycles. The van der Waals surface area contributed by atoms with Crippen LogP contribution in [-0.4, -0.2) is 29.2 Å². The van der Waals surface area contributed by atoms with E-state index >= 15 is 0 Å². The largest absolute Gasteiger partial charge is 1.00 e. The van der Waals surface area contributed by atoms with Gasteiger partial charge in [0.15, 0.2) is 0 Å². The van der Waals surface area contributed by atoms with E-state index in [9.17, 15) is 10.2 Å². The van der Waals surface area contributed by atoms with Gasteiger partial charge in [0, 0.05) is 6.92 Å². The monoisotopic (exact) mass is 618 g/mol. The second kappa shape index (κ2) is 35.6. The van der Waals surface area contributed by atoms with Crippen LogP contribution < -0.4 is 17.3 Å². The molecule has 0 spiro atoms. The van der Waals surface area contributed by atoms with Gasteiger partial charge in [0.25, 0.3) is 0 Å². The summed E-state index contributed by atoms with van der Waals surface area (Å²) in [6.45, 7) is 7.93. The highest BCUT2D eigenvalue weighted by atomic mass is 35.5. The van der Waals surface area contributed by atoms with Crippen molar-refractivity contribution in [3.8, 4) is 0 Å². The summed E-state index contributed by atoms with van der Waals surface area (Å²) in [5.41, 5.74) is 0. The first-order chi connectivity index (χ1) is 20.0. The number of halogens is 1. The van der Waals surface area contributed by atoms with E-state index in [4.69, 9.17) is 0 Å². The van der Waals surface area contributed by atoms with Crippen LogP contribution in [0, 0.1) is 0 Å². The number of unbranched alkanes of at least 4 members (excludes halogenated alkanes) is 30. The van der Waals surface area contributed by atoms with E-state index in [1.54, 1.807) is 6.92 Å². The van der Waals surface area contributed by atoms with Crippen LogP contribution in [0.3, 0.4) is 0 Å². The number of hydrogen-bond donors (Lipinski definition) is 3. The molecule has 0 fully saturated rings. The van der Waals surface area contributed by atoms with Crippen molar-refractivity contribution in [1.29, 1.82) is 0 Å². The van der Waals surface area contributed by atoms with Gasteiger partial charge in [-0.2, -0.15) is 0 Å². The summed E-state index contributed by atoms with van der Waals surface area (Å²) in [7, 11) is 0. The van der Waals surface area contributed by atoms with Crippen molar-refractivity contribution in [3.63, 3.8) is 0 Å². The van der Waals surface area contributed by atoms with Crippen LogP contribution in [0.4, 0.5) is 0 Å². The Bertz CT molecular complexity index is 446. The third-order valence-corrected chi connectivity index (χ3v) is 9.33. The first kappa shape index (κ1) is 44.3. The molecule has 0 bridgehead atoms. The zero-order valence-electron chi connectivity index (χ0n) is 29.3. The van der Waals surface area contributed by atoms with Crippen LogP contribution >= 0.6 is 0 Å². The van der Waals surface area contributed by atoms with Crippen LogP contribution in [0.2, 0.25) is 0 Å². The highest BCUT2D eigenvalue weighted by Crippen LogP contribution is 2.15. The van der Waals surface area contributed by atoms with Crippen LogP contribution in [0.25, 0.3) is 0 Å². The van der Waals surface area contributed by atoms with Crippen molar-refractivity contribution in [2.75, 3.05) is 13.1 Å². The molecule has 0 atom stereocenters. The van der Waals surface area contributed by atoms with Crippen LogP contribution in [-0.2, 0) is 0 Å². The van der Waals surface area contributed by atoms with Crippen LogP contribution in [0.1, 0.15) is 226 Å². The van der Waals surface area contributed by atoms with Gasteiger partial charge in [0.2, 0.25) is 0 Å². The fourth-order valence-corrected chi connectivity index (χ4v) is 6.37. The van der Waals surface area contributed by atoms with Gasteiger partial charge in [0.1, 0.15) is 0 Å². The number of aliphatic hydroxyl groups is 2. The molecule has 4 heteroatoms. The van der Waals surface area contributed by atoms with E-state index in [2.05, 4.69) is 13.8 Å². The predicted octanol–water partition coefficient (Wildman–Crippen LogP) is 8.06. The Morgan fingerprint density at radius 1 is 0.333 bits per heavy atom. The van der Waals surface area contributed by atoms with E-state index < -0.39 is 5.91 Å². The first-order valence-corrected chi connectivity index (χ1v) is 19.3. The summed E-state index contributed by atoms with van der Waals surface area (Å²) in [5.74, 6) is -1.59. The van der Waals surface area contributed by atoms with Crippen molar-refractivity contribution < 1.29 is 27.5 Å². The van der Waals surface area contributed by atoms with Crippen molar-refractivity contribution in [2.45, 2.75) is 232 Å². The maximum Gasteiger partial charge on any atom is 0.309 e. The molecule has 42 heavy (non-hydrogen) atoms. The highest BCUT2D eigenvalue weighted by Gasteiger charge is 2.29. The molecular weight excluding hydrogens is 538 g/mol. The minimum Gasteiger partial charge on any atom is -1.00 e. The van der Waals surface area contributed by atoms with Gasteiger partial charge in [-0.25, -0.2) is 0 Å². The van der Waals surface area contributed by atoms with Gasteiger partial charge >= 0.3 is 5.91 Å². The van der Waals surface area contributed by atoms with Gasteiger partial charge in [0.05, 0.1) is 13.1 Å². The molecule has 0 aliphatic carbocycles. The van der Waals surface area contributed by atoms with Crippen molar-refractivity contribution in [1.82, 2.24) is 0 Å². The Morgan fingerprint density at radius 3 is 0.667 bits per heavy atom. The normalized spacial score (nSPS) is 11.9. The molecule has 0 aromatic carbocycles. The zero-order valence-corrected chi connectivity index (χ0v) is 30.1. The van der Waals surface area contributed by atoms with Gasteiger partial charge in [-0.15, -0.1) is 0 Å². The van der Waals surface area contributed by atoms with E-state index in [0.29, 0.717) is 0 Å². The summed E-state index contributed by atoms with van der Waals surface area (Å²) < 4.78 is 0. The fraction of sp³-hybridized carbons (Fsp3) is 1.00. The third kappa shape index (κ3) is 34.7. The molecule has 0 aromatic heterocycles. The van der Waals surface area contributed by atoms with Gasteiger partial charge in [-0.3, -0.25) is 4.90 Å². The molecule has 0 unspecified atom stereocenters. The van der Waals surface area contributed by atoms with E-state index in [0.717, 1.165) is 30.8 Å². The first-order valence-electron chi connectivity index (χ1n) is 19.3. The predicted molar refractivity (Wildman–Crippen MR) is 183 cm³/mol. The Balaban J connectivity index is 0. The standard InChI is InChI=1S/C38H79NO2.ClH/c1-4-6-8-10-12-14-16-18-20-22-24-26-28-30-32-34-36-39(38(3,40)41)37-35-33-31-29-27-25-23-21-19-17-15-13-11-9-7-5-2;/h40-41H,4-37H2,1-3H3;1H. The fourth-order valence-electron chi connectivity index (χ4n) is 6.37. The number of rotatable bonds is 35. The number of quaternary nitrogens is 1. The average molecular weight is 619 g/mol. The molecule has 0 amide bonds. The lowest BCUT2D eigenvalue weighted by molar-refractivity contribution is -1.00. The topological polar surface area (TPSA) is 44.9 Å². The molecule has 0 aromatic rings. The second-order valence-corrected chi connectivity index (χ2v) is 13.7. The lowest BCUT2D eigenvalue weighted by Gasteiger charge is -2.28. The SMILES string of the molecule is CCCCCCCCCCCCCCCCCC[NH+](CCCCCCCCCCCCCCCCCC)C(C)(O)O.[Cl-]. The Kier molecular flexibility index (Phi) is 37.6. The van der Waals surface area contributed by atoms with Crippen molar-refractivity contribution >= 4 is 0 Å². The summed E-state index contributed by atoms with van der Waals surface area (Å²) in [6.07, 6.45) is 44.1. The van der Waals surface area contributed by atoms with E-state index in [-0.39, 0.29) is 12.4 Å².